The van der Waals surface area contributed by atoms with E-state index in [0.717, 1.165) is 46.2 Å². The third kappa shape index (κ3) is 2.98. The quantitative estimate of drug-likeness (QED) is 0.589. The summed E-state index contributed by atoms with van der Waals surface area (Å²) in [5.74, 6) is 1.82. The number of aliphatic hydroxyl groups excluding tert-OH is 1. The van der Waals surface area contributed by atoms with Crippen molar-refractivity contribution >= 4 is 0 Å². The molecule has 0 fully saturated rings. The van der Waals surface area contributed by atoms with Gasteiger partial charge in [-0.1, -0.05) is 12.1 Å². The summed E-state index contributed by atoms with van der Waals surface area (Å²) < 4.78 is 17.3. The SMILES string of the molecule is COc1cc([C@H]2Oc3cc(OC)c4c(c3[C@@H]2CO)CCc2cc(O)ccc2-4)ccc1O. The number of aromatic hydroxyl groups is 2. The number of aliphatic hydroxyl groups is 1. The summed E-state index contributed by atoms with van der Waals surface area (Å²) in [6.07, 6.45) is 1.13. The number of hydrogen-bond donors (Lipinski definition) is 3. The molecule has 0 spiro atoms. The summed E-state index contributed by atoms with van der Waals surface area (Å²) in [7, 11) is 3.14. The largest absolute Gasteiger partial charge is 0.508 e. The van der Waals surface area contributed by atoms with Crippen molar-refractivity contribution in [1.82, 2.24) is 0 Å². The molecular weight excluding hydrogens is 396 g/mol. The van der Waals surface area contributed by atoms with Crippen molar-refractivity contribution in [2.75, 3.05) is 20.8 Å². The van der Waals surface area contributed by atoms with Gasteiger partial charge in [0.1, 0.15) is 23.4 Å². The van der Waals surface area contributed by atoms with Crippen LogP contribution in [0.15, 0.2) is 42.5 Å². The van der Waals surface area contributed by atoms with Gasteiger partial charge in [-0.25, -0.2) is 0 Å². The van der Waals surface area contributed by atoms with E-state index in [1.807, 2.05) is 12.1 Å². The lowest BCUT2D eigenvalue weighted by Crippen LogP contribution is -2.15. The van der Waals surface area contributed by atoms with Crippen molar-refractivity contribution in [3.8, 4) is 39.9 Å². The molecule has 2 aliphatic rings. The molecule has 3 N–H and O–H groups in total. The molecule has 0 amide bonds. The molecule has 1 heterocycles. The molecule has 160 valence electrons. The van der Waals surface area contributed by atoms with Crippen LogP contribution in [0.25, 0.3) is 11.1 Å². The first-order valence-electron chi connectivity index (χ1n) is 10.3. The Morgan fingerprint density at radius 2 is 1.77 bits per heavy atom. The number of fused-ring (bicyclic) bond motifs is 5. The van der Waals surface area contributed by atoms with E-state index < -0.39 is 6.10 Å². The van der Waals surface area contributed by atoms with Gasteiger partial charge in [0.2, 0.25) is 0 Å². The standard InChI is InChI=1S/C25H24O6/c1-29-20-10-14(4-8-19(20)28)25-18(12-26)24-17-6-3-13-9-15(27)5-7-16(13)23(17)21(30-2)11-22(24)31-25/h4-5,7-11,18,25-28H,3,6,12H2,1-2H3/t18-,25+/m0/s1. The fourth-order valence-electron chi connectivity index (χ4n) is 4.94. The molecule has 0 saturated carbocycles. The minimum absolute atomic E-state index is 0.0567. The zero-order valence-electron chi connectivity index (χ0n) is 17.4. The smallest absolute Gasteiger partial charge is 0.160 e. The molecular formula is C25H24O6. The Balaban J connectivity index is 1.67. The van der Waals surface area contributed by atoms with Crippen molar-refractivity contribution in [3.05, 3.63) is 64.7 Å². The zero-order valence-corrected chi connectivity index (χ0v) is 17.4. The Hall–Kier alpha value is -3.38. The minimum atomic E-state index is -0.410. The fourth-order valence-corrected chi connectivity index (χ4v) is 4.94. The van der Waals surface area contributed by atoms with Gasteiger partial charge >= 0.3 is 0 Å². The van der Waals surface area contributed by atoms with Gasteiger partial charge < -0.3 is 29.5 Å². The average Bonchev–Trinajstić information content (AvgIpc) is 3.16. The zero-order chi connectivity index (χ0) is 21.7. The molecule has 6 nitrogen and oxygen atoms in total. The Kier molecular flexibility index (Phi) is 4.67. The normalized spacial score (nSPS) is 18.5. The van der Waals surface area contributed by atoms with Crippen molar-refractivity contribution in [3.63, 3.8) is 0 Å². The summed E-state index contributed by atoms with van der Waals surface area (Å²) in [4.78, 5) is 0. The minimum Gasteiger partial charge on any atom is -0.508 e. The van der Waals surface area contributed by atoms with Gasteiger partial charge in [-0.3, -0.25) is 0 Å². The molecule has 3 aromatic carbocycles. The van der Waals surface area contributed by atoms with Crippen LogP contribution in [0.3, 0.4) is 0 Å². The van der Waals surface area contributed by atoms with E-state index in [2.05, 4.69) is 0 Å². The number of benzene rings is 3. The summed E-state index contributed by atoms with van der Waals surface area (Å²) in [6, 6.07) is 12.4. The summed E-state index contributed by atoms with van der Waals surface area (Å²) in [6.45, 7) is -0.0813. The highest BCUT2D eigenvalue weighted by molar-refractivity contribution is 5.82. The number of ether oxygens (including phenoxy) is 3. The number of rotatable bonds is 4. The topological polar surface area (TPSA) is 88.4 Å². The van der Waals surface area contributed by atoms with Crippen LogP contribution < -0.4 is 14.2 Å². The second-order valence-electron chi connectivity index (χ2n) is 7.94. The van der Waals surface area contributed by atoms with Gasteiger partial charge in [0.15, 0.2) is 11.5 Å². The fraction of sp³-hybridized carbons (Fsp3) is 0.280. The lowest BCUT2D eigenvalue weighted by atomic mass is 9.78. The number of phenols is 2. The van der Waals surface area contributed by atoms with Crippen molar-refractivity contribution in [2.45, 2.75) is 24.9 Å². The van der Waals surface area contributed by atoms with Crippen molar-refractivity contribution in [2.24, 2.45) is 0 Å². The Labute approximate surface area is 180 Å². The maximum atomic E-state index is 10.4. The summed E-state index contributed by atoms with van der Waals surface area (Å²) >= 11 is 0. The van der Waals surface area contributed by atoms with Crippen LogP contribution in [0.2, 0.25) is 0 Å². The van der Waals surface area contributed by atoms with Crippen molar-refractivity contribution in [1.29, 1.82) is 0 Å². The van der Waals surface area contributed by atoms with Gasteiger partial charge in [0.25, 0.3) is 0 Å². The number of aryl methyl sites for hydroxylation is 1. The highest BCUT2D eigenvalue weighted by Gasteiger charge is 2.40. The highest BCUT2D eigenvalue weighted by Crippen LogP contribution is 2.54. The van der Waals surface area contributed by atoms with Crippen LogP contribution in [0.1, 0.15) is 34.3 Å². The van der Waals surface area contributed by atoms with Crippen LogP contribution in [0, 0.1) is 0 Å². The summed E-state index contributed by atoms with van der Waals surface area (Å²) in [5, 5.41) is 30.2. The van der Waals surface area contributed by atoms with Gasteiger partial charge in [-0.15, -0.1) is 0 Å². The predicted octanol–water partition coefficient (Wildman–Crippen LogP) is 4.09. The molecule has 5 rings (SSSR count). The molecule has 0 radical (unpaired) electrons. The van der Waals surface area contributed by atoms with Crippen molar-refractivity contribution < 1.29 is 29.5 Å². The molecule has 1 aliphatic heterocycles. The second kappa shape index (κ2) is 7.39. The Morgan fingerprint density at radius 1 is 0.968 bits per heavy atom. The first-order valence-corrected chi connectivity index (χ1v) is 10.3. The molecule has 1 aliphatic carbocycles. The third-order valence-corrected chi connectivity index (χ3v) is 6.34. The maximum absolute atomic E-state index is 10.4. The van der Waals surface area contributed by atoms with Crippen LogP contribution >= 0.6 is 0 Å². The molecule has 2 atom stereocenters. The van der Waals surface area contributed by atoms with E-state index in [1.54, 1.807) is 37.4 Å². The van der Waals surface area contributed by atoms with E-state index in [4.69, 9.17) is 14.2 Å². The molecule has 0 saturated heterocycles. The lowest BCUT2D eigenvalue weighted by molar-refractivity contribution is 0.159. The van der Waals surface area contributed by atoms with Gasteiger partial charge in [-0.2, -0.15) is 0 Å². The van der Waals surface area contributed by atoms with E-state index in [-0.39, 0.29) is 24.0 Å². The molecule has 6 heteroatoms. The van der Waals surface area contributed by atoms with E-state index >= 15 is 0 Å². The van der Waals surface area contributed by atoms with Gasteiger partial charge in [0.05, 0.1) is 26.7 Å². The van der Waals surface area contributed by atoms with E-state index in [9.17, 15) is 15.3 Å². The predicted molar refractivity (Wildman–Crippen MR) is 115 cm³/mol. The average molecular weight is 420 g/mol. The monoisotopic (exact) mass is 420 g/mol. The van der Waals surface area contributed by atoms with Crippen LogP contribution in [0.5, 0.6) is 28.7 Å². The van der Waals surface area contributed by atoms with E-state index in [1.165, 1.54) is 7.11 Å². The molecule has 0 unspecified atom stereocenters. The Morgan fingerprint density at radius 3 is 2.52 bits per heavy atom. The highest BCUT2D eigenvalue weighted by atomic mass is 16.5. The van der Waals surface area contributed by atoms with Crippen LogP contribution in [-0.2, 0) is 12.8 Å². The number of phenolic OH excluding ortho intramolecular Hbond substituents is 2. The first-order chi connectivity index (χ1) is 15.0. The van der Waals surface area contributed by atoms with Gasteiger partial charge in [-0.05, 0) is 59.4 Å². The molecule has 0 bridgehead atoms. The summed E-state index contributed by atoms with van der Waals surface area (Å²) in [5.41, 5.74) is 6.02. The first kappa shape index (κ1) is 19.6. The second-order valence-corrected chi connectivity index (χ2v) is 7.94. The van der Waals surface area contributed by atoms with E-state index in [0.29, 0.717) is 17.2 Å². The molecule has 31 heavy (non-hydrogen) atoms. The Bertz CT molecular complexity index is 1170. The molecule has 3 aromatic rings. The van der Waals surface area contributed by atoms with Crippen LogP contribution in [0.4, 0.5) is 0 Å². The number of hydrogen-bond acceptors (Lipinski definition) is 6. The number of methoxy groups -OCH3 is 2. The van der Waals surface area contributed by atoms with Crippen LogP contribution in [-0.4, -0.2) is 36.1 Å². The maximum Gasteiger partial charge on any atom is 0.160 e. The lowest BCUT2D eigenvalue weighted by Gasteiger charge is -2.26. The van der Waals surface area contributed by atoms with Gasteiger partial charge in [0, 0.05) is 17.2 Å². The third-order valence-electron chi connectivity index (χ3n) is 6.34. The molecule has 0 aromatic heterocycles.